The predicted octanol–water partition coefficient (Wildman–Crippen LogP) is 3.02. The van der Waals surface area contributed by atoms with Gasteiger partial charge in [-0.15, -0.1) is 0 Å². The van der Waals surface area contributed by atoms with Crippen LogP contribution in [-0.4, -0.2) is 23.4 Å². The molecule has 0 N–H and O–H groups in total. The average molecular weight is 288 g/mol. The van der Waals surface area contributed by atoms with Crippen LogP contribution in [0.15, 0.2) is 28.8 Å². The highest BCUT2D eigenvalue weighted by molar-refractivity contribution is 5.34. The van der Waals surface area contributed by atoms with E-state index < -0.39 is 6.29 Å². The van der Waals surface area contributed by atoms with Crippen molar-refractivity contribution in [3.05, 3.63) is 47.1 Å². The molecule has 1 aromatic heterocycles. The molecular weight excluding hydrogens is 268 g/mol. The lowest BCUT2D eigenvalue weighted by molar-refractivity contribution is -0.155. The highest BCUT2D eigenvalue weighted by atomic mass is 16.7. The third-order valence-electron chi connectivity index (χ3n) is 3.71. The quantitative estimate of drug-likeness (QED) is 0.765. The van der Waals surface area contributed by atoms with Gasteiger partial charge in [-0.2, -0.15) is 4.98 Å². The fraction of sp³-hybridized carbons (Fsp3) is 0.500. The summed E-state index contributed by atoms with van der Waals surface area (Å²) in [6.45, 7) is 4.91. The first kappa shape index (κ1) is 14.2. The molecule has 0 atom stereocenters. The van der Waals surface area contributed by atoms with E-state index in [9.17, 15) is 0 Å². The molecule has 3 rings (SSSR count). The monoisotopic (exact) mass is 288 g/mol. The van der Waals surface area contributed by atoms with Crippen LogP contribution in [-0.2, 0) is 22.3 Å². The fourth-order valence-electron chi connectivity index (χ4n) is 2.74. The third kappa shape index (κ3) is 2.99. The summed E-state index contributed by atoms with van der Waals surface area (Å²) in [5.74, 6) is 1.43. The van der Waals surface area contributed by atoms with Crippen molar-refractivity contribution in [3.63, 3.8) is 0 Å². The van der Waals surface area contributed by atoms with Crippen molar-refractivity contribution in [2.45, 2.75) is 38.9 Å². The molecule has 1 aromatic carbocycles. The Balaban J connectivity index is 1.74. The van der Waals surface area contributed by atoms with Crippen LogP contribution in [0.3, 0.4) is 0 Å². The Bertz CT molecular complexity index is 566. The summed E-state index contributed by atoms with van der Waals surface area (Å²) in [7, 11) is 0. The fourth-order valence-corrected chi connectivity index (χ4v) is 2.74. The predicted molar refractivity (Wildman–Crippen MR) is 76.9 cm³/mol. The molecule has 0 spiro atoms. The zero-order valence-corrected chi connectivity index (χ0v) is 12.4. The number of rotatable bonds is 6. The first-order valence-corrected chi connectivity index (χ1v) is 7.45. The normalized spacial score (nSPS) is 14.8. The van der Waals surface area contributed by atoms with Crippen LogP contribution in [0.5, 0.6) is 0 Å². The molecule has 0 saturated carbocycles. The summed E-state index contributed by atoms with van der Waals surface area (Å²) in [4.78, 5) is 4.49. The lowest BCUT2D eigenvalue weighted by atomic mass is 10.1. The Kier molecular flexibility index (Phi) is 4.31. The SMILES string of the molecule is CCOC(OCC)c1nc(C2Cc3ccccc3C2)no1. The maximum atomic E-state index is 5.49. The van der Waals surface area contributed by atoms with Gasteiger partial charge in [0.2, 0.25) is 6.29 Å². The van der Waals surface area contributed by atoms with Gasteiger partial charge in [-0.1, -0.05) is 29.4 Å². The molecule has 0 fully saturated rings. The van der Waals surface area contributed by atoms with Crippen molar-refractivity contribution in [2.75, 3.05) is 13.2 Å². The minimum absolute atomic E-state index is 0.281. The molecule has 0 amide bonds. The summed E-state index contributed by atoms with van der Waals surface area (Å²) in [5, 5.41) is 4.12. The zero-order chi connectivity index (χ0) is 14.7. The summed E-state index contributed by atoms with van der Waals surface area (Å²) in [5.41, 5.74) is 2.75. The molecule has 5 nitrogen and oxygen atoms in total. The molecule has 0 radical (unpaired) electrons. The van der Waals surface area contributed by atoms with Gasteiger partial charge in [0.15, 0.2) is 5.82 Å². The van der Waals surface area contributed by atoms with Crippen molar-refractivity contribution in [2.24, 2.45) is 0 Å². The molecule has 1 heterocycles. The zero-order valence-electron chi connectivity index (χ0n) is 12.4. The van der Waals surface area contributed by atoms with E-state index in [0.717, 1.165) is 18.7 Å². The Hall–Kier alpha value is -1.72. The van der Waals surface area contributed by atoms with E-state index in [1.165, 1.54) is 11.1 Å². The number of ether oxygens (including phenoxy) is 2. The number of hydrogen-bond donors (Lipinski definition) is 0. The van der Waals surface area contributed by atoms with Crippen LogP contribution in [0.2, 0.25) is 0 Å². The second-order valence-corrected chi connectivity index (χ2v) is 5.11. The first-order chi connectivity index (χ1) is 10.3. The molecule has 1 aliphatic carbocycles. The van der Waals surface area contributed by atoms with E-state index in [2.05, 4.69) is 34.4 Å². The number of benzene rings is 1. The highest BCUT2D eigenvalue weighted by Crippen LogP contribution is 2.33. The summed E-state index contributed by atoms with van der Waals surface area (Å²) < 4.78 is 16.3. The van der Waals surface area contributed by atoms with Crippen LogP contribution < -0.4 is 0 Å². The highest BCUT2D eigenvalue weighted by Gasteiger charge is 2.28. The minimum Gasteiger partial charge on any atom is -0.345 e. The molecule has 0 unspecified atom stereocenters. The smallest absolute Gasteiger partial charge is 0.283 e. The number of aromatic nitrogens is 2. The molecule has 0 saturated heterocycles. The average Bonchev–Trinajstić information content (AvgIpc) is 3.13. The summed E-state index contributed by atoms with van der Waals surface area (Å²) in [6.07, 6.45) is 1.36. The second-order valence-electron chi connectivity index (χ2n) is 5.11. The molecule has 0 aliphatic heterocycles. The van der Waals surface area contributed by atoms with Gasteiger partial charge in [0.05, 0.1) is 0 Å². The number of fused-ring (bicyclic) bond motifs is 1. The largest absolute Gasteiger partial charge is 0.345 e. The van der Waals surface area contributed by atoms with Crippen molar-refractivity contribution >= 4 is 0 Å². The van der Waals surface area contributed by atoms with E-state index in [0.29, 0.717) is 19.1 Å². The van der Waals surface area contributed by atoms with E-state index in [-0.39, 0.29) is 5.92 Å². The van der Waals surface area contributed by atoms with Gasteiger partial charge in [0.1, 0.15) is 0 Å². The van der Waals surface area contributed by atoms with Crippen molar-refractivity contribution in [1.82, 2.24) is 10.1 Å². The molecule has 2 aromatic rings. The Morgan fingerprint density at radius 3 is 2.33 bits per heavy atom. The standard InChI is InChI=1S/C16H20N2O3/c1-3-19-16(20-4-2)15-17-14(18-21-15)13-9-11-7-5-6-8-12(11)10-13/h5-8,13,16H,3-4,9-10H2,1-2H3. The van der Waals surface area contributed by atoms with Crippen LogP contribution in [0.25, 0.3) is 0 Å². The third-order valence-corrected chi connectivity index (χ3v) is 3.71. The molecule has 5 heteroatoms. The molecule has 21 heavy (non-hydrogen) atoms. The topological polar surface area (TPSA) is 57.4 Å². The number of hydrogen-bond acceptors (Lipinski definition) is 5. The van der Waals surface area contributed by atoms with Gasteiger partial charge in [0.25, 0.3) is 5.89 Å². The van der Waals surface area contributed by atoms with Crippen LogP contribution in [0, 0.1) is 0 Å². The maximum absolute atomic E-state index is 5.49. The Labute approximate surface area is 124 Å². The van der Waals surface area contributed by atoms with E-state index in [1.807, 2.05) is 13.8 Å². The van der Waals surface area contributed by atoms with Crippen molar-refractivity contribution in [1.29, 1.82) is 0 Å². The van der Waals surface area contributed by atoms with Crippen LogP contribution >= 0.6 is 0 Å². The summed E-state index contributed by atoms with van der Waals surface area (Å²) >= 11 is 0. The Morgan fingerprint density at radius 2 is 1.76 bits per heavy atom. The lowest BCUT2D eigenvalue weighted by Crippen LogP contribution is -2.09. The molecule has 112 valence electrons. The van der Waals surface area contributed by atoms with E-state index >= 15 is 0 Å². The molecule has 0 bridgehead atoms. The lowest BCUT2D eigenvalue weighted by Gasteiger charge is -2.11. The van der Waals surface area contributed by atoms with Gasteiger partial charge < -0.3 is 14.0 Å². The van der Waals surface area contributed by atoms with Crippen LogP contribution in [0.1, 0.15) is 48.9 Å². The van der Waals surface area contributed by atoms with Gasteiger partial charge in [-0.05, 0) is 37.8 Å². The van der Waals surface area contributed by atoms with Gasteiger partial charge in [-0.25, -0.2) is 0 Å². The van der Waals surface area contributed by atoms with E-state index in [1.54, 1.807) is 0 Å². The van der Waals surface area contributed by atoms with Crippen LogP contribution in [0.4, 0.5) is 0 Å². The van der Waals surface area contributed by atoms with Gasteiger partial charge in [0, 0.05) is 19.1 Å². The van der Waals surface area contributed by atoms with Gasteiger partial charge >= 0.3 is 0 Å². The first-order valence-electron chi connectivity index (χ1n) is 7.45. The summed E-state index contributed by atoms with van der Waals surface area (Å²) in [6, 6.07) is 8.48. The maximum Gasteiger partial charge on any atom is 0.283 e. The molecular formula is C16H20N2O3. The van der Waals surface area contributed by atoms with Crippen molar-refractivity contribution < 1.29 is 14.0 Å². The molecule has 1 aliphatic rings. The minimum atomic E-state index is -0.565. The number of nitrogens with zero attached hydrogens (tertiary/aromatic N) is 2. The van der Waals surface area contributed by atoms with E-state index in [4.69, 9.17) is 14.0 Å². The second kappa shape index (κ2) is 6.37. The Morgan fingerprint density at radius 1 is 1.14 bits per heavy atom. The van der Waals surface area contributed by atoms with Gasteiger partial charge in [-0.3, -0.25) is 0 Å². The van der Waals surface area contributed by atoms with Crippen molar-refractivity contribution in [3.8, 4) is 0 Å².